The normalized spacial score (nSPS) is 14.5. The molecule has 0 aromatic rings. The van der Waals surface area contributed by atoms with Crippen molar-refractivity contribution >= 4 is 5.97 Å². The summed E-state index contributed by atoms with van der Waals surface area (Å²) in [5, 5.41) is 19.0. The van der Waals surface area contributed by atoms with E-state index in [4.69, 9.17) is 5.11 Å². The number of nitrogens with zero attached hydrogens (tertiary/aromatic N) is 1. The highest BCUT2D eigenvalue weighted by atomic mass is 16.4. The van der Waals surface area contributed by atoms with Crippen molar-refractivity contribution < 1.29 is 19.5 Å². The fourth-order valence-corrected chi connectivity index (χ4v) is 0.944. The smallest absolute Gasteiger partial charge is 0.131 e. The Labute approximate surface area is 66.6 Å². The van der Waals surface area contributed by atoms with Crippen LogP contribution >= 0.6 is 0 Å². The molecule has 0 fully saturated rings. The molecule has 0 aliphatic heterocycles. The summed E-state index contributed by atoms with van der Waals surface area (Å²) < 4.78 is 0.281. The predicted molar refractivity (Wildman–Crippen MR) is 38.5 cm³/mol. The second-order valence-corrected chi connectivity index (χ2v) is 3.46. The third kappa shape index (κ3) is 3.34. The minimum Gasteiger partial charge on any atom is -0.544 e. The monoisotopic (exact) mass is 161 g/mol. The summed E-state index contributed by atoms with van der Waals surface area (Å²) in [6.45, 7) is -0.117. The predicted octanol–water partition coefficient (Wildman–Crippen LogP) is -1.81. The number of carbonyl (C=O) groups is 1. The van der Waals surface area contributed by atoms with E-state index in [0.29, 0.717) is 0 Å². The molecular weight excluding hydrogens is 146 g/mol. The molecule has 0 aliphatic rings. The zero-order valence-electron chi connectivity index (χ0n) is 7.20. The first-order valence-corrected chi connectivity index (χ1v) is 3.52. The number of hydrogen-bond acceptors (Lipinski definition) is 3. The van der Waals surface area contributed by atoms with Crippen molar-refractivity contribution in [3.63, 3.8) is 0 Å². The third-order valence-corrected chi connectivity index (χ3v) is 1.61. The highest BCUT2D eigenvalue weighted by molar-refractivity contribution is 5.69. The van der Waals surface area contributed by atoms with E-state index in [9.17, 15) is 9.90 Å². The van der Waals surface area contributed by atoms with Gasteiger partial charge in [-0.3, -0.25) is 0 Å². The van der Waals surface area contributed by atoms with Crippen molar-refractivity contribution in [1.82, 2.24) is 0 Å². The lowest BCUT2D eigenvalue weighted by molar-refractivity contribution is -0.889. The van der Waals surface area contributed by atoms with Crippen molar-refractivity contribution in [1.29, 1.82) is 0 Å². The number of aliphatic hydroxyl groups is 1. The molecule has 0 amide bonds. The minimum absolute atomic E-state index is 0.117. The summed E-state index contributed by atoms with van der Waals surface area (Å²) >= 11 is 0. The number of quaternary nitrogens is 1. The largest absolute Gasteiger partial charge is 0.544 e. The molecule has 11 heavy (non-hydrogen) atoms. The number of aliphatic carboxylic acids is 1. The van der Waals surface area contributed by atoms with Gasteiger partial charge in [-0.25, -0.2) is 0 Å². The van der Waals surface area contributed by atoms with Crippen LogP contribution < -0.4 is 5.11 Å². The Bertz CT molecular complexity index is 139. The maximum absolute atomic E-state index is 10.5. The van der Waals surface area contributed by atoms with Gasteiger partial charge in [0, 0.05) is 13.0 Å². The van der Waals surface area contributed by atoms with Gasteiger partial charge in [-0.15, -0.1) is 0 Å². The molecule has 0 spiro atoms. The Morgan fingerprint density at radius 2 is 2.00 bits per heavy atom. The van der Waals surface area contributed by atoms with Gasteiger partial charge in [0.2, 0.25) is 0 Å². The van der Waals surface area contributed by atoms with E-state index in [1.807, 2.05) is 0 Å². The Morgan fingerprint density at radius 3 is 2.09 bits per heavy atom. The molecular formula is C7H15NO3. The van der Waals surface area contributed by atoms with Gasteiger partial charge >= 0.3 is 0 Å². The molecule has 1 N–H and O–H groups in total. The van der Waals surface area contributed by atoms with Crippen LogP contribution in [0, 0.1) is 0 Å². The molecule has 0 heterocycles. The summed E-state index contributed by atoms with van der Waals surface area (Å²) in [6, 6.07) is -0.625. The molecule has 0 saturated carbocycles. The average Bonchev–Trinajstić information content (AvgIpc) is 1.79. The quantitative estimate of drug-likeness (QED) is 0.494. The van der Waals surface area contributed by atoms with Crippen LogP contribution in [0.5, 0.6) is 0 Å². The van der Waals surface area contributed by atoms with E-state index in [2.05, 4.69) is 0 Å². The summed E-state index contributed by atoms with van der Waals surface area (Å²) in [5.41, 5.74) is 0. The first kappa shape index (κ1) is 10.4. The van der Waals surface area contributed by atoms with Crippen molar-refractivity contribution in [2.75, 3.05) is 27.7 Å². The van der Waals surface area contributed by atoms with Crippen molar-refractivity contribution in [2.45, 2.75) is 12.5 Å². The number of aliphatic hydroxyl groups excluding tert-OH is 1. The van der Waals surface area contributed by atoms with E-state index >= 15 is 0 Å². The van der Waals surface area contributed by atoms with Crippen LogP contribution in [-0.4, -0.2) is 49.4 Å². The van der Waals surface area contributed by atoms with Crippen molar-refractivity contribution in [3.05, 3.63) is 0 Å². The van der Waals surface area contributed by atoms with Crippen LogP contribution in [0.4, 0.5) is 0 Å². The third-order valence-electron chi connectivity index (χ3n) is 1.61. The number of hydrogen-bond donors (Lipinski definition) is 1. The summed E-state index contributed by atoms with van der Waals surface area (Å²) in [4.78, 5) is 10.5. The highest BCUT2D eigenvalue weighted by Gasteiger charge is 2.23. The van der Waals surface area contributed by atoms with E-state index in [-0.39, 0.29) is 17.5 Å². The van der Waals surface area contributed by atoms with Crippen LogP contribution in [0.15, 0.2) is 0 Å². The van der Waals surface area contributed by atoms with Gasteiger partial charge in [0.05, 0.1) is 27.1 Å². The lowest BCUT2D eigenvalue weighted by atomic mass is 10.2. The summed E-state index contributed by atoms with van der Waals surface area (Å²) in [5.74, 6) is -1.11. The topological polar surface area (TPSA) is 60.4 Å². The second kappa shape index (κ2) is 3.69. The minimum atomic E-state index is -1.11. The molecule has 4 nitrogen and oxygen atoms in total. The van der Waals surface area contributed by atoms with Gasteiger partial charge in [0.1, 0.15) is 6.04 Å². The SMILES string of the molecule is C[N+](C)(C)[C@@H](CCO)C(=O)[O-]. The number of likely N-dealkylation sites (N-methyl/N-ethyl adjacent to an activating group) is 1. The number of rotatable bonds is 4. The first-order chi connectivity index (χ1) is 4.89. The van der Waals surface area contributed by atoms with Crippen LogP contribution in [-0.2, 0) is 4.79 Å². The standard InChI is InChI=1S/C7H15NO3/c1-8(2,3)6(4-5-9)7(10)11/h6,9H,4-5H2,1-3H3/t6-/m0/s1. The van der Waals surface area contributed by atoms with E-state index in [1.165, 1.54) is 0 Å². The van der Waals surface area contributed by atoms with Gasteiger partial charge < -0.3 is 19.5 Å². The van der Waals surface area contributed by atoms with Crippen molar-refractivity contribution in [3.8, 4) is 0 Å². The summed E-state index contributed by atoms with van der Waals surface area (Å²) in [6.07, 6.45) is 0.242. The van der Waals surface area contributed by atoms with Crippen LogP contribution in [0.1, 0.15) is 6.42 Å². The van der Waals surface area contributed by atoms with Gasteiger partial charge in [0.15, 0.2) is 0 Å². The van der Waals surface area contributed by atoms with Crippen LogP contribution in [0.2, 0.25) is 0 Å². The molecule has 0 aromatic carbocycles. The Balaban J connectivity index is 4.22. The molecule has 1 atom stereocenters. The van der Waals surface area contributed by atoms with Gasteiger partial charge in [0.25, 0.3) is 0 Å². The number of carboxylic acid groups (broad SMARTS) is 1. The number of carboxylic acids is 1. The molecule has 0 aromatic heterocycles. The maximum Gasteiger partial charge on any atom is 0.131 e. The molecule has 0 unspecified atom stereocenters. The van der Waals surface area contributed by atoms with E-state index in [1.54, 1.807) is 21.1 Å². The number of carbonyl (C=O) groups excluding carboxylic acids is 1. The molecule has 0 bridgehead atoms. The van der Waals surface area contributed by atoms with E-state index in [0.717, 1.165) is 0 Å². The molecule has 0 saturated heterocycles. The lowest BCUT2D eigenvalue weighted by Gasteiger charge is -2.34. The second-order valence-electron chi connectivity index (χ2n) is 3.46. The lowest BCUT2D eigenvalue weighted by Crippen LogP contribution is -2.55. The Hall–Kier alpha value is -0.610. The Kier molecular flexibility index (Phi) is 3.48. The van der Waals surface area contributed by atoms with Gasteiger partial charge in [-0.05, 0) is 0 Å². The van der Waals surface area contributed by atoms with Gasteiger partial charge in [-0.2, -0.15) is 0 Å². The maximum atomic E-state index is 10.5. The van der Waals surface area contributed by atoms with Gasteiger partial charge in [-0.1, -0.05) is 0 Å². The first-order valence-electron chi connectivity index (χ1n) is 3.52. The molecule has 0 aliphatic carbocycles. The van der Waals surface area contributed by atoms with E-state index < -0.39 is 12.0 Å². The van der Waals surface area contributed by atoms with Crippen LogP contribution in [0.3, 0.4) is 0 Å². The average molecular weight is 161 g/mol. The molecule has 4 heteroatoms. The molecule has 0 rings (SSSR count). The highest BCUT2D eigenvalue weighted by Crippen LogP contribution is 2.05. The molecule has 0 radical (unpaired) electrons. The molecule has 66 valence electrons. The summed E-state index contributed by atoms with van der Waals surface area (Å²) in [7, 11) is 5.28. The fourth-order valence-electron chi connectivity index (χ4n) is 0.944. The van der Waals surface area contributed by atoms with Crippen molar-refractivity contribution in [2.24, 2.45) is 0 Å². The van der Waals surface area contributed by atoms with Crippen LogP contribution in [0.25, 0.3) is 0 Å². The Morgan fingerprint density at radius 1 is 1.55 bits per heavy atom. The fraction of sp³-hybridized carbons (Fsp3) is 0.857. The zero-order valence-corrected chi connectivity index (χ0v) is 7.20. The zero-order chi connectivity index (χ0) is 9.07.